The zero-order chi connectivity index (χ0) is 12.4. The van der Waals surface area contributed by atoms with E-state index < -0.39 is 0 Å². The normalized spacial score (nSPS) is 14.9. The topological polar surface area (TPSA) is 38.1 Å². The Morgan fingerprint density at radius 1 is 1.44 bits per heavy atom. The number of nitrogens with one attached hydrogen (secondary N) is 1. The van der Waals surface area contributed by atoms with Gasteiger partial charge in [0.15, 0.2) is 0 Å². The molecule has 0 spiro atoms. The summed E-state index contributed by atoms with van der Waals surface area (Å²) in [6.07, 6.45) is 5.78. The summed E-state index contributed by atoms with van der Waals surface area (Å²) in [5, 5.41) is 4.82. The van der Waals surface area contributed by atoms with Crippen LogP contribution in [0.4, 0.5) is 0 Å². The van der Waals surface area contributed by atoms with E-state index in [-0.39, 0.29) is 0 Å². The zero-order valence-electron chi connectivity index (χ0n) is 9.73. The van der Waals surface area contributed by atoms with Crippen molar-refractivity contribution in [2.24, 2.45) is 0 Å². The van der Waals surface area contributed by atoms with Gasteiger partial charge in [0.25, 0.3) is 5.22 Å². The first-order valence-electron chi connectivity index (χ1n) is 5.90. The van der Waals surface area contributed by atoms with Gasteiger partial charge in [-0.2, -0.15) is 0 Å². The van der Waals surface area contributed by atoms with Crippen LogP contribution in [0.5, 0.6) is 0 Å². The number of aromatic nitrogens is 1. The quantitative estimate of drug-likeness (QED) is 0.906. The lowest BCUT2D eigenvalue weighted by Gasteiger charge is -2.06. The Kier molecular flexibility index (Phi) is 3.59. The van der Waals surface area contributed by atoms with Crippen molar-refractivity contribution in [3.8, 4) is 0 Å². The number of oxazole rings is 1. The standard InChI is InChI=1S/C13H13ClN2OS/c14-11-7-9(8-16-10-2-3-10)1-4-12(11)18-13-15-5-6-17-13/h1,4-7,10,16H,2-3,8H2. The van der Waals surface area contributed by atoms with Gasteiger partial charge >= 0.3 is 0 Å². The molecule has 0 bridgehead atoms. The smallest absolute Gasteiger partial charge is 0.260 e. The van der Waals surface area contributed by atoms with E-state index in [9.17, 15) is 0 Å². The lowest BCUT2D eigenvalue weighted by Crippen LogP contribution is -2.15. The van der Waals surface area contributed by atoms with Crippen molar-refractivity contribution in [2.45, 2.75) is 35.5 Å². The Labute approximate surface area is 115 Å². The molecule has 1 aromatic carbocycles. The third kappa shape index (κ3) is 3.07. The third-order valence-electron chi connectivity index (χ3n) is 2.78. The van der Waals surface area contributed by atoms with E-state index in [0.717, 1.165) is 16.5 Å². The van der Waals surface area contributed by atoms with E-state index in [1.165, 1.54) is 30.2 Å². The van der Waals surface area contributed by atoms with Gasteiger partial charge in [-0.05, 0) is 42.3 Å². The van der Waals surface area contributed by atoms with Crippen molar-refractivity contribution in [3.05, 3.63) is 41.2 Å². The van der Waals surface area contributed by atoms with Gasteiger partial charge in [-0.25, -0.2) is 4.98 Å². The second kappa shape index (κ2) is 5.34. The number of halogens is 1. The molecule has 18 heavy (non-hydrogen) atoms. The third-order valence-corrected chi connectivity index (χ3v) is 4.15. The summed E-state index contributed by atoms with van der Waals surface area (Å²) in [6.45, 7) is 0.883. The molecule has 1 aromatic heterocycles. The molecule has 1 aliphatic rings. The maximum atomic E-state index is 6.26. The first-order chi connectivity index (χ1) is 8.81. The Balaban J connectivity index is 1.67. The lowest BCUT2D eigenvalue weighted by molar-refractivity contribution is 0.454. The number of benzene rings is 1. The van der Waals surface area contributed by atoms with Gasteiger partial charge in [-0.3, -0.25) is 0 Å². The Hall–Kier alpha value is -0.970. The van der Waals surface area contributed by atoms with Gasteiger partial charge in [-0.1, -0.05) is 17.7 Å². The van der Waals surface area contributed by atoms with Gasteiger partial charge in [0.2, 0.25) is 0 Å². The Morgan fingerprint density at radius 3 is 3.00 bits per heavy atom. The minimum atomic E-state index is 0.612. The van der Waals surface area contributed by atoms with Gasteiger partial charge in [0, 0.05) is 17.5 Å². The Bertz CT molecular complexity index is 526. The van der Waals surface area contributed by atoms with Crippen LogP contribution in [0.2, 0.25) is 5.02 Å². The summed E-state index contributed by atoms with van der Waals surface area (Å²) >= 11 is 7.70. The van der Waals surface area contributed by atoms with Gasteiger partial charge in [0.05, 0.1) is 11.2 Å². The first-order valence-corrected chi connectivity index (χ1v) is 7.10. The van der Waals surface area contributed by atoms with Crippen LogP contribution in [0.1, 0.15) is 18.4 Å². The van der Waals surface area contributed by atoms with Crippen molar-refractivity contribution in [2.75, 3.05) is 0 Å². The molecule has 1 heterocycles. The highest BCUT2D eigenvalue weighted by atomic mass is 35.5. The molecule has 0 radical (unpaired) electrons. The highest BCUT2D eigenvalue weighted by Crippen LogP contribution is 2.33. The van der Waals surface area contributed by atoms with Gasteiger partial charge in [-0.15, -0.1) is 0 Å². The van der Waals surface area contributed by atoms with Crippen LogP contribution in [0.15, 0.2) is 45.2 Å². The second-order valence-electron chi connectivity index (χ2n) is 4.32. The molecule has 5 heteroatoms. The average Bonchev–Trinajstić information content (AvgIpc) is 3.06. The molecule has 0 unspecified atom stereocenters. The number of hydrogen-bond acceptors (Lipinski definition) is 4. The number of rotatable bonds is 5. The highest BCUT2D eigenvalue weighted by molar-refractivity contribution is 7.99. The van der Waals surface area contributed by atoms with Crippen molar-refractivity contribution in [1.82, 2.24) is 10.3 Å². The molecule has 1 fully saturated rings. The summed E-state index contributed by atoms with van der Waals surface area (Å²) in [5.74, 6) is 0. The minimum Gasteiger partial charge on any atom is -0.440 e. The van der Waals surface area contributed by atoms with Crippen molar-refractivity contribution >= 4 is 23.4 Å². The first kappa shape index (κ1) is 12.1. The second-order valence-corrected chi connectivity index (χ2v) is 5.72. The molecule has 94 valence electrons. The fourth-order valence-electron chi connectivity index (χ4n) is 1.64. The monoisotopic (exact) mass is 280 g/mol. The van der Waals surface area contributed by atoms with E-state index >= 15 is 0 Å². The molecule has 0 atom stereocenters. The summed E-state index contributed by atoms with van der Waals surface area (Å²) in [7, 11) is 0. The fourth-order valence-corrected chi connectivity index (χ4v) is 2.66. The predicted molar refractivity (Wildman–Crippen MR) is 71.9 cm³/mol. The van der Waals surface area contributed by atoms with E-state index in [2.05, 4.69) is 16.4 Å². The molecule has 0 saturated heterocycles. The zero-order valence-corrected chi connectivity index (χ0v) is 11.3. The Morgan fingerprint density at radius 2 is 2.33 bits per heavy atom. The van der Waals surface area contributed by atoms with Crippen LogP contribution in [0.3, 0.4) is 0 Å². The SMILES string of the molecule is Clc1cc(CNC2CC2)ccc1Sc1ncco1. The molecule has 0 amide bonds. The van der Waals surface area contributed by atoms with Gasteiger partial charge in [0.1, 0.15) is 6.26 Å². The average molecular weight is 281 g/mol. The van der Waals surface area contributed by atoms with E-state index in [4.69, 9.17) is 16.0 Å². The van der Waals surface area contributed by atoms with Crippen molar-refractivity contribution in [1.29, 1.82) is 0 Å². The van der Waals surface area contributed by atoms with Crippen molar-refractivity contribution < 1.29 is 4.42 Å². The summed E-state index contributed by atoms with van der Waals surface area (Å²) in [4.78, 5) is 5.04. The molecule has 2 aromatic rings. The van der Waals surface area contributed by atoms with Crippen LogP contribution in [-0.4, -0.2) is 11.0 Å². The van der Waals surface area contributed by atoms with E-state index in [0.29, 0.717) is 11.3 Å². The van der Waals surface area contributed by atoms with E-state index in [1.807, 2.05) is 12.1 Å². The summed E-state index contributed by atoms with van der Waals surface area (Å²) < 4.78 is 5.19. The van der Waals surface area contributed by atoms with Crippen molar-refractivity contribution in [3.63, 3.8) is 0 Å². The summed E-state index contributed by atoms with van der Waals surface area (Å²) in [5.41, 5.74) is 1.21. The molecule has 1 N–H and O–H groups in total. The maximum absolute atomic E-state index is 6.26. The molecule has 1 saturated carbocycles. The van der Waals surface area contributed by atoms with Crippen LogP contribution in [0.25, 0.3) is 0 Å². The van der Waals surface area contributed by atoms with Crippen LogP contribution < -0.4 is 5.32 Å². The van der Waals surface area contributed by atoms with Crippen LogP contribution in [0, 0.1) is 0 Å². The molecule has 3 nitrogen and oxygen atoms in total. The molecular formula is C13H13ClN2OS. The lowest BCUT2D eigenvalue weighted by atomic mass is 10.2. The number of nitrogens with zero attached hydrogens (tertiary/aromatic N) is 1. The molecule has 3 rings (SSSR count). The molecule has 1 aliphatic carbocycles. The van der Waals surface area contributed by atoms with E-state index in [1.54, 1.807) is 12.5 Å². The predicted octanol–water partition coefficient (Wildman–Crippen LogP) is 3.73. The van der Waals surface area contributed by atoms with Crippen LogP contribution in [-0.2, 0) is 6.54 Å². The van der Waals surface area contributed by atoms with Gasteiger partial charge < -0.3 is 9.73 Å². The van der Waals surface area contributed by atoms with Crippen LogP contribution >= 0.6 is 23.4 Å². The largest absolute Gasteiger partial charge is 0.440 e. The molecular weight excluding hydrogens is 268 g/mol. The fraction of sp³-hybridized carbons (Fsp3) is 0.308. The summed E-state index contributed by atoms with van der Waals surface area (Å²) in [6, 6.07) is 6.82. The highest BCUT2D eigenvalue weighted by Gasteiger charge is 2.20. The molecule has 0 aliphatic heterocycles. The number of hydrogen-bond donors (Lipinski definition) is 1. The minimum absolute atomic E-state index is 0.612. The maximum Gasteiger partial charge on any atom is 0.260 e.